The lowest BCUT2D eigenvalue weighted by Gasteiger charge is -2.20. The standard InChI is InChI=1S/C14H23NO/c1-4-15-13(10-12(2)3)11-16-14-8-6-5-7-9-14/h5-9,12-13,15H,4,10-11H2,1-3H3. The Kier molecular flexibility index (Phi) is 5.94. The first-order chi connectivity index (χ1) is 7.72. The molecule has 2 heteroatoms. The fourth-order valence-corrected chi connectivity index (χ4v) is 1.78. The van der Waals surface area contributed by atoms with Gasteiger partial charge in [0.15, 0.2) is 0 Å². The molecule has 1 aromatic carbocycles. The summed E-state index contributed by atoms with van der Waals surface area (Å²) in [5.41, 5.74) is 0. The summed E-state index contributed by atoms with van der Waals surface area (Å²) in [4.78, 5) is 0. The van der Waals surface area contributed by atoms with Crippen LogP contribution in [0.5, 0.6) is 5.75 Å². The quantitative estimate of drug-likeness (QED) is 0.764. The summed E-state index contributed by atoms with van der Waals surface area (Å²) in [7, 11) is 0. The maximum absolute atomic E-state index is 5.76. The van der Waals surface area contributed by atoms with Crippen LogP contribution in [0.4, 0.5) is 0 Å². The largest absolute Gasteiger partial charge is 0.492 e. The van der Waals surface area contributed by atoms with Crippen molar-refractivity contribution in [1.29, 1.82) is 0 Å². The monoisotopic (exact) mass is 221 g/mol. The Hall–Kier alpha value is -1.02. The van der Waals surface area contributed by atoms with Crippen LogP contribution in [0.15, 0.2) is 30.3 Å². The predicted molar refractivity (Wildman–Crippen MR) is 68.9 cm³/mol. The van der Waals surface area contributed by atoms with E-state index in [1.54, 1.807) is 0 Å². The maximum atomic E-state index is 5.76. The number of para-hydroxylation sites is 1. The van der Waals surface area contributed by atoms with Gasteiger partial charge in [0.2, 0.25) is 0 Å². The minimum atomic E-state index is 0.449. The van der Waals surface area contributed by atoms with Gasteiger partial charge in [0.05, 0.1) is 0 Å². The van der Waals surface area contributed by atoms with Gasteiger partial charge in [0.1, 0.15) is 12.4 Å². The number of nitrogens with one attached hydrogen (secondary N) is 1. The molecular weight excluding hydrogens is 198 g/mol. The molecule has 90 valence electrons. The van der Waals surface area contributed by atoms with Gasteiger partial charge in [-0.25, -0.2) is 0 Å². The Morgan fingerprint density at radius 1 is 1.19 bits per heavy atom. The van der Waals surface area contributed by atoms with E-state index < -0.39 is 0 Å². The summed E-state index contributed by atoms with van der Waals surface area (Å²) in [5, 5.41) is 3.46. The molecule has 0 aliphatic heterocycles. The molecule has 0 aliphatic carbocycles. The van der Waals surface area contributed by atoms with Crippen molar-refractivity contribution in [2.45, 2.75) is 33.2 Å². The van der Waals surface area contributed by atoms with Crippen LogP contribution in [0.3, 0.4) is 0 Å². The van der Waals surface area contributed by atoms with Crippen LogP contribution in [-0.4, -0.2) is 19.2 Å². The number of ether oxygens (including phenoxy) is 1. The molecule has 0 fully saturated rings. The van der Waals surface area contributed by atoms with Crippen molar-refractivity contribution in [3.8, 4) is 5.75 Å². The van der Waals surface area contributed by atoms with Gasteiger partial charge in [-0.15, -0.1) is 0 Å². The van der Waals surface area contributed by atoms with E-state index in [4.69, 9.17) is 4.74 Å². The molecule has 0 amide bonds. The fourth-order valence-electron chi connectivity index (χ4n) is 1.78. The minimum absolute atomic E-state index is 0.449. The van der Waals surface area contributed by atoms with Crippen molar-refractivity contribution in [3.05, 3.63) is 30.3 Å². The van der Waals surface area contributed by atoms with Crippen molar-refractivity contribution in [1.82, 2.24) is 5.32 Å². The lowest BCUT2D eigenvalue weighted by atomic mass is 10.0. The highest BCUT2D eigenvalue weighted by molar-refractivity contribution is 5.20. The molecule has 1 aromatic rings. The average molecular weight is 221 g/mol. The lowest BCUT2D eigenvalue weighted by molar-refractivity contribution is 0.246. The summed E-state index contributed by atoms with van der Waals surface area (Å²) in [6.07, 6.45) is 1.15. The molecule has 0 radical (unpaired) electrons. The number of rotatable bonds is 7. The molecule has 0 bridgehead atoms. The Morgan fingerprint density at radius 3 is 2.44 bits per heavy atom. The summed E-state index contributed by atoms with van der Waals surface area (Å²) < 4.78 is 5.76. The zero-order chi connectivity index (χ0) is 11.8. The normalized spacial score (nSPS) is 12.8. The van der Waals surface area contributed by atoms with Gasteiger partial charge in [-0.3, -0.25) is 0 Å². The molecule has 1 rings (SSSR count). The molecule has 0 saturated heterocycles. The Bertz CT molecular complexity index is 271. The molecule has 0 saturated carbocycles. The first kappa shape index (κ1) is 13.0. The van der Waals surface area contributed by atoms with Crippen molar-refractivity contribution in [2.75, 3.05) is 13.2 Å². The third-order valence-electron chi connectivity index (χ3n) is 2.44. The molecule has 0 spiro atoms. The molecule has 2 nitrogen and oxygen atoms in total. The Labute approximate surface area is 99.0 Å². The van der Waals surface area contributed by atoms with Gasteiger partial charge >= 0.3 is 0 Å². The van der Waals surface area contributed by atoms with Crippen LogP contribution in [0.2, 0.25) is 0 Å². The highest BCUT2D eigenvalue weighted by Crippen LogP contribution is 2.11. The van der Waals surface area contributed by atoms with E-state index in [1.165, 1.54) is 0 Å². The molecule has 1 atom stereocenters. The van der Waals surface area contributed by atoms with Gasteiger partial charge in [0, 0.05) is 6.04 Å². The zero-order valence-electron chi connectivity index (χ0n) is 10.6. The molecule has 0 aromatic heterocycles. The Balaban J connectivity index is 2.37. The van der Waals surface area contributed by atoms with E-state index in [2.05, 4.69) is 26.1 Å². The Morgan fingerprint density at radius 2 is 1.88 bits per heavy atom. The second-order valence-electron chi connectivity index (χ2n) is 4.51. The first-order valence-electron chi connectivity index (χ1n) is 6.13. The highest BCUT2D eigenvalue weighted by Gasteiger charge is 2.10. The second-order valence-corrected chi connectivity index (χ2v) is 4.51. The van der Waals surface area contributed by atoms with E-state index in [-0.39, 0.29) is 0 Å². The van der Waals surface area contributed by atoms with Crippen LogP contribution in [0.25, 0.3) is 0 Å². The van der Waals surface area contributed by atoms with Crippen molar-refractivity contribution >= 4 is 0 Å². The molecular formula is C14H23NO. The van der Waals surface area contributed by atoms with Gasteiger partial charge in [-0.05, 0) is 31.0 Å². The predicted octanol–water partition coefficient (Wildman–Crippen LogP) is 3.09. The summed E-state index contributed by atoms with van der Waals surface area (Å²) in [5.74, 6) is 1.65. The van der Waals surface area contributed by atoms with Crippen LogP contribution in [0.1, 0.15) is 27.2 Å². The molecule has 1 unspecified atom stereocenters. The molecule has 0 aliphatic rings. The van der Waals surface area contributed by atoms with Crippen molar-refractivity contribution < 1.29 is 4.74 Å². The number of benzene rings is 1. The van der Waals surface area contributed by atoms with Crippen LogP contribution < -0.4 is 10.1 Å². The fraction of sp³-hybridized carbons (Fsp3) is 0.571. The van der Waals surface area contributed by atoms with Crippen LogP contribution in [-0.2, 0) is 0 Å². The second kappa shape index (κ2) is 7.29. The van der Waals surface area contributed by atoms with Gasteiger partial charge in [0.25, 0.3) is 0 Å². The van der Waals surface area contributed by atoms with E-state index in [1.807, 2.05) is 30.3 Å². The maximum Gasteiger partial charge on any atom is 0.119 e. The summed E-state index contributed by atoms with van der Waals surface area (Å²) in [6, 6.07) is 10.4. The third-order valence-corrected chi connectivity index (χ3v) is 2.44. The molecule has 0 heterocycles. The summed E-state index contributed by atoms with van der Waals surface area (Å²) >= 11 is 0. The van der Waals surface area contributed by atoms with Crippen LogP contribution >= 0.6 is 0 Å². The molecule has 16 heavy (non-hydrogen) atoms. The van der Waals surface area contributed by atoms with Gasteiger partial charge in [-0.2, -0.15) is 0 Å². The summed E-state index contributed by atoms with van der Waals surface area (Å²) in [6.45, 7) is 8.36. The first-order valence-corrected chi connectivity index (χ1v) is 6.13. The van der Waals surface area contributed by atoms with E-state index in [9.17, 15) is 0 Å². The van der Waals surface area contributed by atoms with E-state index in [0.717, 1.165) is 25.3 Å². The zero-order valence-corrected chi connectivity index (χ0v) is 10.6. The number of likely N-dealkylation sites (N-methyl/N-ethyl adjacent to an activating group) is 1. The van der Waals surface area contributed by atoms with Crippen LogP contribution in [0, 0.1) is 5.92 Å². The number of hydrogen-bond donors (Lipinski definition) is 1. The van der Waals surface area contributed by atoms with Crippen molar-refractivity contribution in [3.63, 3.8) is 0 Å². The SMILES string of the molecule is CCNC(COc1ccccc1)CC(C)C. The van der Waals surface area contributed by atoms with Crippen molar-refractivity contribution in [2.24, 2.45) is 5.92 Å². The smallest absolute Gasteiger partial charge is 0.119 e. The topological polar surface area (TPSA) is 21.3 Å². The third kappa shape index (κ3) is 5.17. The van der Waals surface area contributed by atoms with Gasteiger partial charge in [-0.1, -0.05) is 39.0 Å². The minimum Gasteiger partial charge on any atom is -0.492 e. The number of hydrogen-bond acceptors (Lipinski definition) is 2. The average Bonchev–Trinajstić information content (AvgIpc) is 2.27. The highest BCUT2D eigenvalue weighted by atomic mass is 16.5. The van der Waals surface area contributed by atoms with Gasteiger partial charge < -0.3 is 10.1 Å². The lowest BCUT2D eigenvalue weighted by Crippen LogP contribution is -2.35. The molecule has 1 N–H and O–H groups in total. The van der Waals surface area contributed by atoms with E-state index in [0.29, 0.717) is 12.0 Å². The van der Waals surface area contributed by atoms with E-state index >= 15 is 0 Å².